The first-order valence-electron chi connectivity index (χ1n) is 5.54. The van der Waals surface area contributed by atoms with Crippen molar-refractivity contribution in [3.63, 3.8) is 0 Å². The molecule has 0 spiro atoms. The fourth-order valence-electron chi connectivity index (χ4n) is 1.55. The Morgan fingerprint density at radius 1 is 1.33 bits per heavy atom. The SMILES string of the molecule is Cc1ccc(NCc2ccnc(C#N)c2)cc1Cl. The molecular weight excluding hydrogens is 246 g/mol. The molecule has 0 unspecified atom stereocenters. The van der Waals surface area contributed by atoms with Crippen LogP contribution in [0.2, 0.25) is 5.02 Å². The topological polar surface area (TPSA) is 48.7 Å². The molecule has 18 heavy (non-hydrogen) atoms. The van der Waals surface area contributed by atoms with E-state index in [1.807, 2.05) is 37.3 Å². The van der Waals surface area contributed by atoms with Crippen molar-refractivity contribution in [1.82, 2.24) is 4.98 Å². The number of nitriles is 1. The fraction of sp³-hybridized carbons (Fsp3) is 0.143. The summed E-state index contributed by atoms with van der Waals surface area (Å²) in [7, 11) is 0. The van der Waals surface area contributed by atoms with Crippen molar-refractivity contribution in [2.75, 3.05) is 5.32 Å². The van der Waals surface area contributed by atoms with Gasteiger partial charge in [0.2, 0.25) is 0 Å². The maximum absolute atomic E-state index is 8.76. The van der Waals surface area contributed by atoms with E-state index in [9.17, 15) is 0 Å². The van der Waals surface area contributed by atoms with Gasteiger partial charge in [0.25, 0.3) is 0 Å². The Morgan fingerprint density at radius 3 is 2.89 bits per heavy atom. The van der Waals surface area contributed by atoms with Gasteiger partial charge in [0.1, 0.15) is 11.8 Å². The highest BCUT2D eigenvalue weighted by Gasteiger charge is 1.99. The van der Waals surface area contributed by atoms with Crippen LogP contribution in [0.1, 0.15) is 16.8 Å². The number of rotatable bonds is 3. The number of hydrogen-bond donors (Lipinski definition) is 1. The molecule has 90 valence electrons. The molecule has 0 aliphatic rings. The van der Waals surface area contributed by atoms with Crippen LogP contribution in [0.5, 0.6) is 0 Å². The third-order valence-corrected chi connectivity index (χ3v) is 3.01. The van der Waals surface area contributed by atoms with Crippen LogP contribution in [0, 0.1) is 18.3 Å². The minimum absolute atomic E-state index is 0.427. The first-order valence-corrected chi connectivity index (χ1v) is 5.92. The standard InChI is InChI=1S/C14H12ClN3/c1-10-2-3-12(7-14(10)15)18-9-11-4-5-17-13(6-11)8-16/h2-7,18H,9H2,1H3. The van der Waals surface area contributed by atoms with Gasteiger partial charge in [-0.15, -0.1) is 0 Å². The Hall–Kier alpha value is -2.05. The first kappa shape index (κ1) is 12.4. The number of halogens is 1. The summed E-state index contributed by atoms with van der Waals surface area (Å²) in [6.07, 6.45) is 1.64. The number of nitrogens with one attached hydrogen (secondary N) is 1. The van der Waals surface area contributed by atoms with Gasteiger partial charge >= 0.3 is 0 Å². The highest BCUT2D eigenvalue weighted by atomic mass is 35.5. The molecule has 1 heterocycles. The molecule has 4 heteroatoms. The van der Waals surface area contributed by atoms with Crippen molar-refractivity contribution in [2.24, 2.45) is 0 Å². The van der Waals surface area contributed by atoms with Gasteiger partial charge in [-0.05, 0) is 42.3 Å². The predicted molar refractivity (Wildman–Crippen MR) is 72.5 cm³/mol. The number of benzene rings is 1. The molecule has 0 amide bonds. The molecule has 0 saturated carbocycles. The summed E-state index contributed by atoms with van der Waals surface area (Å²) in [6, 6.07) is 11.5. The Morgan fingerprint density at radius 2 is 2.17 bits per heavy atom. The minimum Gasteiger partial charge on any atom is -0.381 e. The minimum atomic E-state index is 0.427. The maximum atomic E-state index is 8.76. The molecular formula is C14H12ClN3. The van der Waals surface area contributed by atoms with E-state index < -0.39 is 0 Å². The predicted octanol–water partition coefficient (Wildman–Crippen LogP) is 3.53. The van der Waals surface area contributed by atoms with Crippen LogP contribution >= 0.6 is 11.6 Å². The summed E-state index contributed by atoms with van der Waals surface area (Å²) in [5.41, 5.74) is 3.45. The maximum Gasteiger partial charge on any atom is 0.140 e. The largest absolute Gasteiger partial charge is 0.381 e. The molecule has 1 aromatic carbocycles. The molecule has 0 bridgehead atoms. The van der Waals surface area contributed by atoms with Crippen molar-refractivity contribution in [1.29, 1.82) is 5.26 Å². The van der Waals surface area contributed by atoms with Crippen LogP contribution in [-0.2, 0) is 6.54 Å². The van der Waals surface area contributed by atoms with Gasteiger partial charge in [-0.25, -0.2) is 4.98 Å². The van der Waals surface area contributed by atoms with E-state index in [0.717, 1.165) is 21.8 Å². The third-order valence-electron chi connectivity index (χ3n) is 2.61. The molecule has 2 rings (SSSR count). The summed E-state index contributed by atoms with van der Waals surface area (Å²) in [5.74, 6) is 0. The Bertz CT molecular complexity index is 602. The zero-order valence-electron chi connectivity index (χ0n) is 9.94. The monoisotopic (exact) mass is 257 g/mol. The molecule has 0 fully saturated rings. The average Bonchev–Trinajstić information content (AvgIpc) is 2.40. The highest BCUT2D eigenvalue weighted by molar-refractivity contribution is 6.31. The lowest BCUT2D eigenvalue weighted by Gasteiger charge is -2.08. The lowest BCUT2D eigenvalue weighted by atomic mass is 10.2. The van der Waals surface area contributed by atoms with Gasteiger partial charge in [-0.1, -0.05) is 17.7 Å². The zero-order valence-corrected chi connectivity index (χ0v) is 10.7. The van der Waals surface area contributed by atoms with Gasteiger partial charge in [0.15, 0.2) is 0 Å². The fourth-order valence-corrected chi connectivity index (χ4v) is 1.73. The number of aromatic nitrogens is 1. The molecule has 2 aromatic rings. The normalized spacial score (nSPS) is 9.83. The van der Waals surface area contributed by atoms with E-state index >= 15 is 0 Å². The quantitative estimate of drug-likeness (QED) is 0.915. The van der Waals surface area contributed by atoms with Gasteiger partial charge in [0.05, 0.1) is 0 Å². The van der Waals surface area contributed by atoms with Crippen LogP contribution in [0.15, 0.2) is 36.5 Å². The molecule has 1 aromatic heterocycles. The number of hydrogen-bond acceptors (Lipinski definition) is 3. The Labute approximate surface area is 111 Å². The van der Waals surface area contributed by atoms with Crippen LogP contribution < -0.4 is 5.32 Å². The van der Waals surface area contributed by atoms with E-state index in [1.54, 1.807) is 12.3 Å². The summed E-state index contributed by atoms with van der Waals surface area (Å²) in [6.45, 7) is 2.60. The number of aryl methyl sites for hydroxylation is 1. The lowest BCUT2D eigenvalue weighted by molar-refractivity contribution is 1.11. The van der Waals surface area contributed by atoms with Crippen molar-refractivity contribution >= 4 is 17.3 Å². The van der Waals surface area contributed by atoms with Crippen molar-refractivity contribution in [2.45, 2.75) is 13.5 Å². The smallest absolute Gasteiger partial charge is 0.140 e. The van der Waals surface area contributed by atoms with Gasteiger partial charge in [-0.3, -0.25) is 0 Å². The molecule has 0 aliphatic heterocycles. The van der Waals surface area contributed by atoms with E-state index in [1.165, 1.54) is 0 Å². The van der Waals surface area contributed by atoms with Crippen LogP contribution in [0.3, 0.4) is 0 Å². The van der Waals surface area contributed by atoms with E-state index in [4.69, 9.17) is 16.9 Å². The third kappa shape index (κ3) is 2.99. The number of anilines is 1. The van der Waals surface area contributed by atoms with Crippen LogP contribution in [0.4, 0.5) is 5.69 Å². The Kier molecular flexibility index (Phi) is 3.81. The number of pyridine rings is 1. The van der Waals surface area contributed by atoms with E-state index in [0.29, 0.717) is 12.2 Å². The molecule has 0 radical (unpaired) electrons. The van der Waals surface area contributed by atoms with Crippen LogP contribution in [0.25, 0.3) is 0 Å². The zero-order chi connectivity index (χ0) is 13.0. The summed E-state index contributed by atoms with van der Waals surface area (Å²) >= 11 is 6.05. The van der Waals surface area contributed by atoms with Gasteiger partial charge in [0, 0.05) is 23.5 Å². The summed E-state index contributed by atoms with van der Waals surface area (Å²) < 4.78 is 0. The second kappa shape index (κ2) is 5.52. The average molecular weight is 258 g/mol. The molecule has 3 nitrogen and oxygen atoms in total. The van der Waals surface area contributed by atoms with Crippen molar-refractivity contribution in [3.8, 4) is 6.07 Å². The number of nitrogens with zero attached hydrogens (tertiary/aromatic N) is 2. The van der Waals surface area contributed by atoms with E-state index in [2.05, 4.69) is 10.3 Å². The van der Waals surface area contributed by atoms with Crippen molar-refractivity contribution in [3.05, 3.63) is 58.4 Å². The molecule has 1 N–H and O–H groups in total. The second-order valence-corrected chi connectivity index (χ2v) is 4.39. The van der Waals surface area contributed by atoms with Crippen molar-refractivity contribution < 1.29 is 0 Å². The van der Waals surface area contributed by atoms with E-state index in [-0.39, 0.29) is 0 Å². The molecule has 0 aliphatic carbocycles. The summed E-state index contributed by atoms with van der Waals surface area (Å²) in [5, 5.41) is 12.8. The first-order chi connectivity index (χ1) is 8.69. The molecule has 0 atom stereocenters. The second-order valence-electron chi connectivity index (χ2n) is 3.98. The Balaban J connectivity index is 2.07. The highest BCUT2D eigenvalue weighted by Crippen LogP contribution is 2.20. The summed E-state index contributed by atoms with van der Waals surface area (Å²) in [4.78, 5) is 3.93. The van der Waals surface area contributed by atoms with Gasteiger partial charge in [-0.2, -0.15) is 5.26 Å². The van der Waals surface area contributed by atoms with Gasteiger partial charge < -0.3 is 5.32 Å². The molecule has 0 saturated heterocycles. The lowest BCUT2D eigenvalue weighted by Crippen LogP contribution is -2.00. The van der Waals surface area contributed by atoms with Crippen LogP contribution in [-0.4, -0.2) is 4.98 Å².